The third-order valence-electron chi connectivity index (χ3n) is 1.75. The summed E-state index contributed by atoms with van der Waals surface area (Å²) >= 11 is 1.67. The third kappa shape index (κ3) is 1.78. The van der Waals surface area contributed by atoms with E-state index in [4.69, 9.17) is 0 Å². The Kier molecular flexibility index (Phi) is 2.14. The van der Waals surface area contributed by atoms with Crippen molar-refractivity contribution in [1.29, 1.82) is 0 Å². The molecule has 0 unspecified atom stereocenters. The quantitative estimate of drug-likeness (QED) is 0.617. The SMILES string of the molecule is Bc1ccc(-c2ncc(C)s2)nc1. The highest BCUT2D eigenvalue weighted by Crippen LogP contribution is 2.21. The van der Waals surface area contributed by atoms with E-state index in [-0.39, 0.29) is 0 Å². The maximum Gasteiger partial charge on any atom is 0.142 e. The Balaban J connectivity index is 2.41. The van der Waals surface area contributed by atoms with Crippen LogP contribution in [0.25, 0.3) is 10.7 Å². The molecule has 0 amide bonds. The number of rotatable bonds is 1. The van der Waals surface area contributed by atoms with Gasteiger partial charge in [0.25, 0.3) is 0 Å². The zero-order chi connectivity index (χ0) is 9.26. The van der Waals surface area contributed by atoms with Crippen LogP contribution >= 0.6 is 11.3 Å². The minimum absolute atomic E-state index is 0.962. The Morgan fingerprint density at radius 3 is 2.62 bits per heavy atom. The molecule has 0 spiro atoms. The van der Waals surface area contributed by atoms with E-state index in [1.807, 2.05) is 26.3 Å². The van der Waals surface area contributed by atoms with Gasteiger partial charge in [-0.25, -0.2) is 4.98 Å². The van der Waals surface area contributed by atoms with Gasteiger partial charge in [0.1, 0.15) is 12.9 Å². The first-order valence-corrected chi connectivity index (χ1v) is 4.93. The third-order valence-corrected chi connectivity index (χ3v) is 2.69. The minimum Gasteiger partial charge on any atom is -0.254 e. The normalized spacial score (nSPS) is 10.2. The van der Waals surface area contributed by atoms with Crippen LogP contribution in [0.1, 0.15) is 4.88 Å². The van der Waals surface area contributed by atoms with Crippen molar-refractivity contribution in [1.82, 2.24) is 9.97 Å². The molecular weight excluding hydrogens is 179 g/mol. The Hall–Kier alpha value is -1.16. The summed E-state index contributed by atoms with van der Waals surface area (Å²) in [4.78, 5) is 9.80. The van der Waals surface area contributed by atoms with Crippen molar-refractivity contribution < 1.29 is 0 Å². The molecule has 0 atom stereocenters. The predicted octanol–water partition coefficient (Wildman–Crippen LogP) is 0.772. The molecule has 2 aromatic heterocycles. The highest BCUT2D eigenvalue weighted by Gasteiger charge is 2.02. The van der Waals surface area contributed by atoms with E-state index >= 15 is 0 Å². The molecule has 0 saturated carbocycles. The average Bonchev–Trinajstić information content (AvgIpc) is 2.53. The molecule has 0 saturated heterocycles. The first-order valence-electron chi connectivity index (χ1n) is 4.11. The van der Waals surface area contributed by atoms with Crippen molar-refractivity contribution in [2.75, 3.05) is 0 Å². The molecule has 13 heavy (non-hydrogen) atoms. The van der Waals surface area contributed by atoms with Crippen molar-refractivity contribution in [2.24, 2.45) is 0 Å². The molecular formula is C9H9BN2S. The standard InChI is InChI=1S/C9H9BN2S/c1-6-4-12-9(13-6)8-3-2-7(10)5-11-8/h2-5H,10H2,1H3. The van der Waals surface area contributed by atoms with Crippen molar-refractivity contribution in [3.05, 3.63) is 29.4 Å². The highest BCUT2D eigenvalue weighted by atomic mass is 32.1. The second-order valence-electron chi connectivity index (χ2n) is 3.00. The van der Waals surface area contributed by atoms with E-state index in [9.17, 15) is 0 Å². The predicted molar refractivity (Wildman–Crippen MR) is 58.3 cm³/mol. The van der Waals surface area contributed by atoms with Gasteiger partial charge in [-0.15, -0.1) is 11.3 Å². The minimum atomic E-state index is 0.962. The Morgan fingerprint density at radius 1 is 1.23 bits per heavy atom. The van der Waals surface area contributed by atoms with Gasteiger partial charge in [0, 0.05) is 17.3 Å². The molecule has 0 aliphatic rings. The van der Waals surface area contributed by atoms with E-state index in [2.05, 4.69) is 23.0 Å². The van der Waals surface area contributed by atoms with Crippen LogP contribution in [-0.2, 0) is 0 Å². The van der Waals surface area contributed by atoms with Gasteiger partial charge in [0.2, 0.25) is 0 Å². The summed E-state index contributed by atoms with van der Waals surface area (Å²) in [7, 11) is 2.03. The first kappa shape index (κ1) is 8.44. The van der Waals surface area contributed by atoms with Crippen LogP contribution in [0.5, 0.6) is 0 Å². The summed E-state index contributed by atoms with van der Waals surface area (Å²) in [5, 5.41) is 0.998. The van der Waals surface area contributed by atoms with Crippen LogP contribution in [0.4, 0.5) is 0 Å². The summed E-state index contributed by atoms with van der Waals surface area (Å²) < 4.78 is 0. The first-order chi connectivity index (χ1) is 6.25. The van der Waals surface area contributed by atoms with Crippen molar-refractivity contribution in [2.45, 2.75) is 6.92 Å². The topological polar surface area (TPSA) is 25.8 Å². The zero-order valence-corrected chi connectivity index (χ0v) is 8.43. The maximum absolute atomic E-state index is 4.31. The smallest absolute Gasteiger partial charge is 0.142 e. The maximum atomic E-state index is 4.31. The van der Waals surface area contributed by atoms with Crippen LogP contribution in [-0.4, -0.2) is 17.8 Å². The highest BCUT2D eigenvalue weighted by molar-refractivity contribution is 7.14. The fraction of sp³-hybridized carbons (Fsp3) is 0.111. The number of aryl methyl sites for hydroxylation is 1. The van der Waals surface area contributed by atoms with Crippen molar-refractivity contribution in [3.8, 4) is 10.7 Å². The average molecular weight is 188 g/mol. The van der Waals surface area contributed by atoms with E-state index < -0.39 is 0 Å². The van der Waals surface area contributed by atoms with Gasteiger partial charge >= 0.3 is 0 Å². The lowest BCUT2D eigenvalue weighted by Gasteiger charge is -1.94. The van der Waals surface area contributed by atoms with Crippen LogP contribution in [0.15, 0.2) is 24.5 Å². The molecule has 2 nitrogen and oxygen atoms in total. The second-order valence-corrected chi connectivity index (χ2v) is 4.23. The van der Waals surface area contributed by atoms with Gasteiger partial charge in [0.05, 0.1) is 5.69 Å². The number of pyridine rings is 1. The number of thiazole rings is 1. The summed E-state index contributed by atoms with van der Waals surface area (Å²) in [5.74, 6) is 0. The van der Waals surface area contributed by atoms with Crippen molar-refractivity contribution in [3.63, 3.8) is 0 Å². The van der Waals surface area contributed by atoms with E-state index in [0.29, 0.717) is 0 Å². The lowest BCUT2D eigenvalue weighted by Crippen LogP contribution is -2.01. The van der Waals surface area contributed by atoms with Crippen LogP contribution < -0.4 is 5.46 Å². The van der Waals surface area contributed by atoms with Gasteiger partial charge in [0.15, 0.2) is 0 Å². The van der Waals surface area contributed by atoms with Crippen molar-refractivity contribution >= 4 is 24.6 Å². The number of aromatic nitrogens is 2. The number of hydrogen-bond donors (Lipinski definition) is 0. The molecule has 2 aromatic rings. The van der Waals surface area contributed by atoms with Gasteiger partial charge < -0.3 is 0 Å². The molecule has 0 aliphatic heterocycles. The molecule has 2 heterocycles. The monoisotopic (exact) mass is 188 g/mol. The Bertz CT molecular complexity index is 408. The summed E-state index contributed by atoms with van der Waals surface area (Å²) in [6.45, 7) is 2.05. The fourth-order valence-corrected chi connectivity index (χ4v) is 1.81. The molecule has 0 fully saturated rings. The largest absolute Gasteiger partial charge is 0.254 e. The van der Waals surface area contributed by atoms with Gasteiger partial charge in [-0.05, 0) is 13.0 Å². The van der Waals surface area contributed by atoms with Gasteiger partial charge in [-0.1, -0.05) is 11.5 Å². The van der Waals surface area contributed by atoms with E-state index in [0.717, 1.165) is 10.7 Å². The molecule has 0 aliphatic carbocycles. The van der Waals surface area contributed by atoms with E-state index in [1.165, 1.54) is 10.3 Å². The summed E-state index contributed by atoms with van der Waals surface area (Å²) in [6.07, 6.45) is 3.74. The van der Waals surface area contributed by atoms with E-state index in [1.54, 1.807) is 11.3 Å². The van der Waals surface area contributed by atoms with Crippen LogP contribution in [0, 0.1) is 6.92 Å². The molecule has 64 valence electrons. The van der Waals surface area contributed by atoms with Crippen LogP contribution in [0.3, 0.4) is 0 Å². The lowest BCUT2D eigenvalue weighted by atomic mass is 9.99. The molecule has 4 heteroatoms. The van der Waals surface area contributed by atoms with Gasteiger partial charge in [-0.2, -0.15) is 0 Å². The number of hydrogen-bond acceptors (Lipinski definition) is 3. The molecule has 0 radical (unpaired) electrons. The molecule has 0 bridgehead atoms. The summed E-state index contributed by atoms with van der Waals surface area (Å²) in [6, 6.07) is 4.06. The van der Waals surface area contributed by atoms with Crippen LogP contribution in [0.2, 0.25) is 0 Å². The lowest BCUT2D eigenvalue weighted by molar-refractivity contribution is 1.30. The second kappa shape index (κ2) is 3.30. The molecule has 0 aromatic carbocycles. The number of nitrogens with zero attached hydrogens (tertiary/aromatic N) is 2. The Morgan fingerprint density at radius 2 is 2.08 bits per heavy atom. The fourth-order valence-electron chi connectivity index (χ4n) is 1.07. The molecule has 0 N–H and O–H groups in total. The molecule has 2 rings (SSSR count). The van der Waals surface area contributed by atoms with Gasteiger partial charge in [-0.3, -0.25) is 4.98 Å². The Labute approximate surface area is 82.1 Å². The summed E-state index contributed by atoms with van der Waals surface area (Å²) in [5.41, 5.74) is 2.14. The zero-order valence-electron chi connectivity index (χ0n) is 7.61.